The number of nitrogens with one attached hydrogen (secondary N) is 1. The summed E-state index contributed by atoms with van der Waals surface area (Å²) in [6.07, 6.45) is 7.21. The molecule has 0 radical (unpaired) electrons. The van der Waals surface area contributed by atoms with Gasteiger partial charge in [-0.05, 0) is 48.9 Å². The summed E-state index contributed by atoms with van der Waals surface area (Å²) in [5.74, 6) is 0.950. The minimum absolute atomic E-state index is 0.0159. The number of nitrogens with zero attached hydrogens (tertiary/aromatic N) is 4. The minimum Gasteiger partial charge on any atom is -0.350 e. The van der Waals surface area contributed by atoms with E-state index in [0.717, 1.165) is 24.3 Å². The highest BCUT2D eigenvalue weighted by Gasteiger charge is 2.52. The number of aromatic nitrogens is 3. The number of rotatable bonds is 4. The monoisotopic (exact) mass is 347 g/mol. The first-order valence-electron chi connectivity index (χ1n) is 9.12. The van der Waals surface area contributed by atoms with Crippen LogP contribution in [0.3, 0.4) is 0 Å². The molecular weight excluding hydrogens is 326 g/mol. The van der Waals surface area contributed by atoms with Gasteiger partial charge in [0.1, 0.15) is 11.8 Å². The van der Waals surface area contributed by atoms with Crippen LogP contribution >= 0.6 is 0 Å². The van der Waals surface area contributed by atoms with Crippen LogP contribution in [0.4, 0.5) is 5.82 Å². The first-order chi connectivity index (χ1) is 12.7. The van der Waals surface area contributed by atoms with Crippen LogP contribution in [0.1, 0.15) is 29.6 Å². The van der Waals surface area contributed by atoms with Crippen molar-refractivity contribution < 1.29 is 4.79 Å². The van der Waals surface area contributed by atoms with E-state index < -0.39 is 0 Å². The molecule has 1 spiro atoms. The van der Waals surface area contributed by atoms with Crippen LogP contribution < -0.4 is 10.2 Å². The van der Waals surface area contributed by atoms with E-state index >= 15 is 0 Å². The standard InChI is InChI=1S/C20H21N5O/c26-19(15-5-2-1-3-6-15)21-12-16-11-20(8-9-20)13-24(16)18-17-7-4-10-25(17)23-14-22-18/h1-7,10,14,16H,8-9,11-13H2,(H,21,26). The largest absolute Gasteiger partial charge is 0.350 e. The Labute approximate surface area is 151 Å². The molecule has 1 aromatic carbocycles. The van der Waals surface area contributed by atoms with Crippen LogP contribution in [0.15, 0.2) is 55.0 Å². The van der Waals surface area contributed by atoms with Crippen LogP contribution in [0.5, 0.6) is 0 Å². The maximum Gasteiger partial charge on any atom is 0.251 e. The van der Waals surface area contributed by atoms with Gasteiger partial charge in [-0.25, -0.2) is 9.50 Å². The van der Waals surface area contributed by atoms with Crippen LogP contribution in [0.25, 0.3) is 5.52 Å². The van der Waals surface area contributed by atoms with Crippen molar-refractivity contribution in [3.63, 3.8) is 0 Å². The molecule has 1 aliphatic heterocycles. The molecule has 1 unspecified atom stereocenters. The van der Waals surface area contributed by atoms with E-state index in [2.05, 4.69) is 20.3 Å². The maximum absolute atomic E-state index is 12.4. The van der Waals surface area contributed by atoms with Gasteiger partial charge in [0.25, 0.3) is 5.91 Å². The zero-order chi connectivity index (χ0) is 17.6. The molecule has 6 heteroatoms. The molecule has 26 heavy (non-hydrogen) atoms. The molecule has 1 atom stereocenters. The molecule has 3 heterocycles. The molecule has 3 aromatic rings. The number of hydrogen-bond acceptors (Lipinski definition) is 4. The number of amides is 1. The third kappa shape index (κ3) is 2.62. The Morgan fingerprint density at radius 3 is 2.85 bits per heavy atom. The summed E-state index contributed by atoms with van der Waals surface area (Å²) < 4.78 is 1.86. The molecule has 6 nitrogen and oxygen atoms in total. The minimum atomic E-state index is -0.0159. The van der Waals surface area contributed by atoms with Crippen molar-refractivity contribution in [1.29, 1.82) is 0 Å². The number of fused-ring (bicyclic) bond motifs is 1. The second-order valence-corrected chi connectivity index (χ2v) is 7.48. The van der Waals surface area contributed by atoms with Crippen LogP contribution in [0, 0.1) is 5.41 Å². The second kappa shape index (κ2) is 5.83. The second-order valence-electron chi connectivity index (χ2n) is 7.48. The van der Waals surface area contributed by atoms with Gasteiger partial charge in [-0.1, -0.05) is 18.2 Å². The van der Waals surface area contributed by atoms with Gasteiger partial charge in [0.2, 0.25) is 0 Å². The molecular formula is C20H21N5O. The predicted octanol–water partition coefficient (Wildman–Crippen LogP) is 2.52. The first kappa shape index (κ1) is 15.4. The number of carbonyl (C=O) groups is 1. The highest BCUT2D eigenvalue weighted by Crippen LogP contribution is 2.55. The molecule has 2 aliphatic rings. The Kier molecular flexibility index (Phi) is 3.45. The molecule has 2 aromatic heterocycles. The predicted molar refractivity (Wildman–Crippen MR) is 99.2 cm³/mol. The Balaban J connectivity index is 1.38. The fourth-order valence-corrected chi connectivity index (χ4v) is 4.11. The van der Waals surface area contributed by atoms with Crippen molar-refractivity contribution in [2.24, 2.45) is 5.41 Å². The summed E-state index contributed by atoms with van der Waals surface area (Å²) in [6.45, 7) is 1.64. The Bertz CT molecular complexity index is 947. The van der Waals surface area contributed by atoms with Gasteiger partial charge in [-0.3, -0.25) is 4.79 Å². The fraction of sp³-hybridized carbons (Fsp3) is 0.350. The van der Waals surface area contributed by atoms with Gasteiger partial charge >= 0.3 is 0 Å². The van der Waals surface area contributed by atoms with Gasteiger partial charge < -0.3 is 10.2 Å². The molecule has 1 saturated carbocycles. The van der Waals surface area contributed by atoms with E-state index in [-0.39, 0.29) is 11.9 Å². The zero-order valence-corrected chi connectivity index (χ0v) is 14.5. The highest BCUT2D eigenvalue weighted by atomic mass is 16.1. The van der Waals surface area contributed by atoms with E-state index in [4.69, 9.17) is 0 Å². The summed E-state index contributed by atoms with van der Waals surface area (Å²) in [5, 5.41) is 7.39. The maximum atomic E-state index is 12.4. The van der Waals surface area contributed by atoms with E-state index in [0.29, 0.717) is 17.5 Å². The molecule has 1 aliphatic carbocycles. The van der Waals surface area contributed by atoms with Gasteiger partial charge in [0, 0.05) is 30.9 Å². The third-order valence-electron chi connectivity index (χ3n) is 5.69. The number of benzene rings is 1. The lowest BCUT2D eigenvalue weighted by molar-refractivity contribution is 0.0951. The van der Waals surface area contributed by atoms with Crippen molar-refractivity contribution in [2.75, 3.05) is 18.0 Å². The van der Waals surface area contributed by atoms with Crippen LogP contribution in [-0.2, 0) is 0 Å². The fourth-order valence-electron chi connectivity index (χ4n) is 4.11. The quantitative estimate of drug-likeness (QED) is 0.788. The number of anilines is 1. The average Bonchev–Trinajstić information content (AvgIpc) is 3.10. The zero-order valence-electron chi connectivity index (χ0n) is 14.5. The van der Waals surface area contributed by atoms with Gasteiger partial charge in [0.15, 0.2) is 5.82 Å². The lowest BCUT2D eigenvalue weighted by Gasteiger charge is -2.26. The molecule has 2 fully saturated rings. The Morgan fingerprint density at radius 1 is 1.19 bits per heavy atom. The van der Waals surface area contributed by atoms with Crippen LogP contribution in [0.2, 0.25) is 0 Å². The molecule has 5 rings (SSSR count). The lowest BCUT2D eigenvalue weighted by Crippen LogP contribution is -2.40. The van der Waals surface area contributed by atoms with E-state index in [1.807, 2.05) is 53.2 Å². The molecule has 132 valence electrons. The molecule has 0 bridgehead atoms. The third-order valence-corrected chi connectivity index (χ3v) is 5.69. The highest BCUT2D eigenvalue weighted by molar-refractivity contribution is 5.94. The summed E-state index contributed by atoms with van der Waals surface area (Å²) in [5.41, 5.74) is 2.13. The van der Waals surface area contributed by atoms with Crippen molar-refractivity contribution in [3.8, 4) is 0 Å². The van der Waals surface area contributed by atoms with Crippen molar-refractivity contribution >= 4 is 17.2 Å². The van der Waals surface area contributed by atoms with Crippen molar-refractivity contribution in [1.82, 2.24) is 19.9 Å². The average molecular weight is 347 g/mol. The topological polar surface area (TPSA) is 62.5 Å². The van der Waals surface area contributed by atoms with Gasteiger partial charge in [0.05, 0.1) is 0 Å². The van der Waals surface area contributed by atoms with E-state index in [1.165, 1.54) is 12.8 Å². The lowest BCUT2D eigenvalue weighted by atomic mass is 10.0. The van der Waals surface area contributed by atoms with Gasteiger partial charge in [-0.2, -0.15) is 5.10 Å². The van der Waals surface area contributed by atoms with E-state index in [9.17, 15) is 4.79 Å². The van der Waals surface area contributed by atoms with Crippen LogP contribution in [-0.4, -0.2) is 39.6 Å². The summed E-state index contributed by atoms with van der Waals surface area (Å²) in [4.78, 5) is 19.4. The smallest absolute Gasteiger partial charge is 0.251 e. The van der Waals surface area contributed by atoms with E-state index in [1.54, 1.807) is 6.33 Å². The summed E-state index contributed by atoms with van der Waals surface area (Å²) >= 11 is 0. The normalized spacial score (nSPS) is 20.6. The van der Waals surface area contributed by atoms with Crippen molar-refractivity contribution in [2.45, 2.75) is 25.3 Å². The molecule has 1 saturated heterocycles. The number of hydrogen-bond donors (Lipinski definition) is 1. The SMILES string of the molecule is O=C(NCC1CC2(CC2)CN1c1ncnn2cccc12)c1ccccc1. The first-order valence-corrected chi connectivity index (χ1v) is 9.12. The number of carbonyl (C=O) groups excluding carboxylic acids is 1. The Hall–Kier alpha value is -2.89. The molecule has 1 amide bonds. The summed E-state index contributed by atoms with van der Waals surface area (Å²) in [6, 6.07) is 13.7. The Morgan fingerprint density at radius 2 is 2.04 bits per heavy atom. The van der Waals surface area contributed by atoms with Crippen molar-refractivity contribution in [3.05, 3.63) is 60.6 Å². The van der Waals surface area contributed by atoms with Gasteiger partial charge in [-0.15, -0.1) is 0 Å². The molecule has 1 N–H and O–H groups in total. The summed E-state index contributed by atoms with van der Waals surface area (Å²) in [7, 11) is 0.